The van der Waals surface area contributed by atoms with E-state index in [2.05, 4.69) is 0 Å². The summed E-state index contributed by atoms with van der Waals surface area (Å²) in [6.45, 7) is -0.878. The van der Waals surface area contributed by atoms with Crippen molar-refractivity contribution in [3.63, 3.8) is 0 Å². The lowest BCUT2D eigenvalue weighted by Crippen LogP contribution is -2.34. The molecule has 1 atom stereocenters. The Labute approximate surface area is 110 Å². The van der Waals surface area contributed by atoms with E-state index in [4.69, 9.17) is 5.73 Å². The van der Waals surface area contributed by atoms with Crippen molar-refractivity contribution in [2.75, 3.05) is 6.54 Å². The van der Waals surface area contributed by atoms with Crippen LogP contribution in [0.25, 0.3) is 10.8 Å². The number of nitrogens with two attached hydrogens (primary N) is 1. The van der Waals surface area contributed by atoms with Crippen LogP contribution in [0.2, 0.25) is 0 Å². The highest BCUT2D eigenvalue weighted by Gasteiger charge is 2.38. The third-order valence-electron chi connectivity index (χ3n) is 2.79. The maximum Gasteiger partial charge on any atom is 0.289 e. The van der Waals surface area contributed by atoms with E-state index >= 15 is 0 Å². The fourth-order valence-electron chi connectivity index (χ4n) is 1.83. The van der Waals surface area contributed by atoms with Crippen molar-refractivity contribution in [2.45, 2.75) is 12.0 Å². The Morgan fingerprint density at radius 2 is 1.72 bits per heavy atom. The van der Waals surface area contributed by atoms with Crippen LogP contribution in [-0.2, 0) is 0 Å². The monoisotopic (exact) mass is 273 g/mol. The zero-order valence-corrected chi connectivity index (χ0v) is 10.3. The first-order valence-corrected chi connectivity index (χ1v) is 5.30. The molecule has 0 radical (unpaired) electrons. The van der Waals surface area contributed by atoms with Crippen molar-refractivity contribution in [2.24, 2.45) is 5.73 Å². The molecule has 0 amide bonds. The smallest absolute Gasteiger partial charge is 0.289 e. The second kappa shape index (κ2) is 5.61. The maximum atomic E-state index is 13.4. The standard InChI is InChI=1S/C13H13F2NO.ClH/c14-13(15,8-16)12(17)11-7-3-5-9-4-1-2-6-10(9)11;/h1-7,12,17H,8,16H2;1H. The van der Waals surface area contributed by atoms with Gasteiger partial charge >= 0.3 is 0 Å². The van der Waals surface area contributed by atoms with Crippen molar-refractivity contribution in [3.8, 4) is 0 Å². The number of aliphatic hydroxyl groups is 1. The number of benzene rings is 2. The van der Waals surface area contributed by atoms with Crippen LogP contribution in [0, 0.1) is 0 Å². The predicted octanol–water partition coefficient (Wildman–Crippen LogP) is 2.89. The predicted molar refractivity (Wildman–Crippen MR) is 70.2 cm³/mol. The zero-order chi connectivity index (χ0) is 12.5. The highest BCUT2D eigenvalue weighted by Crippen LogP contribution is 2.34. The van der Waals surface area contributed by atoms with Gasteiger partial charge in [-0.15, -0.1) is 12.4 Å². The van der Waals surface area contributed by atoms with Gasteiger partial charge in [0, 0.05) is 0 Å². The first kappa shape index (κ1) is 14.8. The minimum absolute atomic E-state index is 0. The number of rotatable bonds is 3. The fraction of sp³-hybridized carbons (Fsp3) is 0.231. The van der Waals surface area contributed by atoms with Crippen molar-refractivity contribution in [1.29, 1.82) is 0 Å². The summed E-state index contributed by atoms with van der Waals surface area (Å²) >= 11 is 0. The molecule has 0 aliphatic heterocycles. The van der Waals surface area contributed by atoms with Crippen LogP contribution < -0.4 is 5.73 Å². The third-order valence-corrected chi connectivity index (χ3v) is 2.79. The van der Waals surface area contributed by atoms with Crippen molar-refractivity contribution < 1.29 is 13.9 Å². The molecule has 0 fully saturated rings. The van der Waals surface area contributed by atoms with E-state index in [0.29, 0.717) is 5.39 Å². The van der Waals surface area contributed by atoms with E-state index in [-0.39, 0.29) is 18.0 Å². The molecule has 0 aliphatic carbocycles. The van der Waals surface area contributed by atoms with Crippen LogP contribution in [0.1, 0.15) is 11.7 Å². The molecular formula is C13H14ClF2NO. The quantitative estimate of drug-likeness (QED) is 0.903. The molecule has 1 unspecified atom stereocenters. The molecule has 2 rings (SSSR count). The number of alkyl halides is 2. The van der Waals surface area contributed by atoms with Crippen LogP contribution in [0.5, 0.6) is 0 Å². The van der Waals surface area contributed by atoms with Gasteiger partial charge in [-0.1, -0.05) is 42.5 Å². The summed E-state index contributed by atoms with van der Waals surface area (Å²) in [6.07, 6.45) is -1.88. The lowest BCUT2D eigenvalue weighted by Gasteiger charge is -2.22. The van der Waals surface area contributed by atoms with Crippen molar-refractivity contribution >= 4 is 23.2 Å². The van der Waals surface area contributed by atoms with Gasteiger partial charge < -0.3 is 10.8 Å². The fourth-order valence-corrected chi connectivity index (χ4v) is 1.83. The van der Waals surface area contributed by atoms with Crippen LogP contribution in [-0.4, -0.2) is 17.6 Å². The molecule has 0 aromatic heterocycles. The van der Waals surface area contributed by atoms with E-state index in [9.17, 15) is 13.9 Å². The normalized spacial score (nSPS) is 13.1. The number of aliphatic hydroxyl groups excluding tert-OH is 1. The molecule has 0 spiro atoms. The van der Waals surface area contributed by atoms with E-state index < -0.39 is 18.6 Å². The van der Waals surface area contributed by atoms with Gasteiger partial charge in [0.15, 0.2) is 0 Å². The number of halogens is 3. The first-order chi connectivity index (χ1) is 8.06. The molecule has 0 saturated heterocycles. The first-order valence-electron chi connectivity index (χ1n) is 5.30. The molecular weight excluding hydrogens is 260 g/mol. The molecule has 2 aromatic carbocycles. The summed E-state index contributed by atoms with van der Waals surface area (Å²) in [5.41, 5.74) is 5.19. The molecule has 3 N–H and O–H groups in total. The average Bonchev–Trinajstić information content (AvgIpc) is 2.37. The van der Waals surface area contributed by atoms with E-state index in [0.717, 1.165) is 5.39 Å². The Balaban J connectivity index is 0.00000162. The summed E-state index contributed by atoms with van der Waals surface area (Å²) in [7, 11) is 0. The molecule has 98 valence electrons. The molecule has 0 heterocycles. The van der Waals surface area contributed by atoms with Gasteiger partial charge in [-0.3, -0.25) is 0 Å². The van der Waals surface area contributed by atoms with Gasteiger partial charge in [0.05, 0.1) is 6.54 Å². The van der Waals surface area contributed by atoms with Gasteiger partial charge in [-0.25, -0.2) is 8.78 Å². The van der Waals surface area contributed by atoms with Gasteiger partial charge in [0.1, 0.15) is 6.10 Å². The molecule has 0 saturated carbocycles. The van der Waals surface area contributed by atoms with Gasteiger partial charge in [0.25, 0.3) is 5.92 Å². The highest BCUT2D eigenvalue weighted by atomic mass is 35.5. The largest absolute Gasteiger partial charge is 0.382 e. The minimum atomic E-state index is -3.32. The molecule has 18 heavy (non-hydrogen) atoms. The van der Waals surface area contributed by atoms with Crippen LogP contribution in [0.3, 0.4) is 0 Å². The molecule has 0 bridgehead atoms. The Bertz CT molecular complexity index is 528. The van der Waals surface area contributed by atoms with E-state index in [1.807, 2.05) is 18.2 Å². The van der Waals surface area contributed by atoms with Crippen LogP contribution in [0.15, 0.2) is 42.5 Å². The van der Waals surface area contributed by atoms with Crippen LogP contribution in [0.4, 0.5) is 8.78 Å². The average molecular weight is 274 g/mol. The summed E-state index contributed by atoms with van der Waals surface area (Å²) in [4.78, 5) is 0. The van der Waals surface area contributed by atoms with E-state index in [1.54, 1.807) is 18.2 Å². The van der Waals surface area contributed by atoms with Gasteiger partial charge in [-0.2, -0.15) is 0 Å². The second-order valence-electron chi connectivity index (χ2n) is 3.94. The number of hydrogen-bond acceptors (Lipinski definition) is 2. The minimum Gasteiger partial charge on any atom is -0.382 e. The zero-order valence-electron chi connectivity index (χ0n) is 9.51. The summed E-state index contributed by atoms with van der Waals surface area (Å²) in [6, 6.07) is 12.0. The Morgan fingerprint density at radius 1 is 1.11 bits per heavy atom. The topological polar surface area (TPSA) is 46.2 Å². The summed E-state index contributed by atoms with van der Waals surface area (Å²) < 4.78 is 26.8. The Morgan fingerprint density at radius 3 is 2.39 bits per heavy atom. The SMILES string of the molecule is Cl.NCC(F)(F)C(O)c1cccc2ccccc12. The van der Waals surface area contributed by atoms with Crippen molar-refractivity contribution in [1.82, 2.24) is 0 Å². The molecule has 0 aliphatic rings. The third kappa shape index (κ3) is 2.61. The summed E-state index contributed by atoms with van der Waals surface area (Å²) in [5.74, 6) is -3.32. The number of fused-ring (bicyclic) bond motifs is 1. The maximum absolute atomic E-state index is 13.4. The van der Waals surface area contributed by atoms with Crippen LogP contribution >= 0.6 is 12.4 Å². The summed E-state index contributed by atoms with van der Waals surface area (Å²) in [5, 5.41) is 11.2. The highest BCUT2D eigenvalue weighted by molar-refractivity contribution is 5.86. The lowest BCUT2D eigenvalue weighted by atomic mass is 9.97. The Hall–Kier alpha value is -1.23. The molecule has 2 nitrogen and oxygen atoms in total. The number of hydrogen-bond donors (Lipinski definition) is 2. The molecule has 2 aromatic rings. The van der Waals surface area contributed by atoms with Gasteiger partial charge in [-0.05, 0) is 16.3 Å². The van der Waals surface area contributed by atoms with E-state index in [1.165, 1.54) is 6.07 Å². The Kier molecular flexibility index (Phi) is 4.62. The second-order valence-corrected chi connectivity index (χ2v) is 3.94. The molecule has 5 heteroatoms. The lowest BCUT2D eigenvalue weighted by molar-refractivity contribution is -0.102. The van der Waals surface area contributed by atoms with Crippen molar-refractivity contribution in [3.05, 3.63) is 48.0 Å². The van der Waals surface area contributed by atoms with Gasteiger partial charge in [0.2, 0.25) is 0 Å².